The van der Waals surface area contributed by atoms with Crippen LogP contribution in [0.5, 0.6) is 5.75 Å². The molecule has 1 fully saturated rings. The minimum Gasteiger partial charge on any atom is -0.495 e. The summed E-state index contributed by atoms with van der Waals surface area (Å²) in [6, 6.07) is 7.96. The van der Waals surface area contributed by atoms with Gasteiger partial charge in [-0.2, -0.15) is 0 Å². The Bertz CT molecular complexity index is 1170. The second-order valence-corrected chi connectivity index (χ2v) is 7.56. The average Bonchev–Trinajstić information content (AvgIpc) is 3.21. The molecule has 0 amide bonds. The third-order valence-electron chi connectivity index (χ3n) is 5.44. The number of aliphatic hydroxyl groups is 1. The lowest BCUT2D eigenvalue weighted by molar-refractivity contribution is -0.0335. The van der Waals surface area contributed by atoms with Crippen molar-refractivity contribution in [3.63, 3.8) is 0 Å². The van der Waals surface area contributed by atoms with Gasteiger partial charge in [0, 0.05) is 23.7 Å². The lowest BCUT2D eigenvalue weighted by Gasteiger charge is -2.40. The van der Waals surface area contributed by atoms with Crippen LogP contribution in [-0.4, -0.2) is 37.2 Å². The molecule has 5 rings (SSSR count). The van der Waals surface area contributed by atoms with Gasteiger partial charge in [0.1, 0.15) is 28.6 Å². The topological polar surface area (TPSA) is 101 Å². The van der Waals surface area contributed by atoms with Crippen LogP contribution in [0, 0.1) is 0 Å². The number of methoxy groups -OCH3 is 1. The third kappa shape index (κ3) is 2.39. The number of ether oxygens (including phenoxy) is 1. The summed E-state index contributed by atoms with van der Waals surface area (Å²) in [6.45, 7) is 1.86. The molecule has 1 aromatic carbocycles. The fourth-order valence-corrected chi connectivity index (χ4v) is 4.17. The maximum atomic E-state index is 10.2. The van der Waals surface area contributed by atoms with Gasteiger partial charge in [-0.15, -0.1) is 0 Å². The number of fused-ring (bicyclic) bond motifs is 2. The Morgan fingerprint density at radius 2 is 2.19 bits per heavy atom. The number of anilines is 1. The second kappa shape index (κ2) is 5.47. The summed E-state index contributed by atoms with van der Waals surface area (Å²) in [5.74, 6) is 2.32. The number of para-hydroxylation sites is 1. The van der Waals surface area contributed by atoms with E-state index in [-0.39, 0.29) is 5.92 Å². The first kappa shape index (κ1) is 16.1. The van der Waals surface area contributed by atoms with Crippen molar-refractivity contribution in [2.45, 2.75) is 31.3 Å². The van der Waals surface area contributed by atoms with Crippen molar-refractivity contribution in [3.8, 4) is 17.1 Å². The van der Waals surface area contributed by atoms with Crippen LogP contribution < -0.4 is 10.5 Å². The van der Waals surface area contributed by atoms with Crippen molar-refractivity contribution >= 4 is 22.2 Å². The smallest absolute Gasteiger partial charge is 0.150 e. The Morgan fingerprint density at radius 3 is 2.93 bits per heavy atom. The van der Waals surface area contributed by atoms with Crippen LogP contribution in [0.15, 0.2) is 36.7 Å². The van der Waals surface area contributed by atoms with Crippen molar-refractivity contribution in [1.82, 2.24) is 19.4 Å². The Morgan fingerprint density at radius 1 is 1.37 bits per heavy atom. The lowest BCUT2D eigenvalue weighted by atomic mass is 9.72. The molecule has 3 aromatic heterocycles. The van der Waals surface area contributed by atoms with Gasteiger partial charge in [0.05, 0.1) is 23.9 Å². The number of benzene rings is 1. The predicted molar refractivity (Wildman–Crippen MR) is 104 cm³/mol. The normalized spacial score (nSPS) is 22.3. The summed E-state index contributed by atoms with van der Waals surface area (Å²) >= 11 is 0. The monoisotopic (exact) mass is 363 g/mol. The van der Waals surface area contributed by atoms with E-state index in [0.29, 0.717) is 18.7 Å². The number of hydrogen-bond donors (Lipinski definition) is 3. The summed E-state index contributed by atoms with van der Waals surface area (Å²) < 4.78 is 7.46. The first-order valence-electron chi connectivity index (χ1n) is 8.98. The molecule has 4 N–H and O–H groups in total. The number of nitrogen functional groups attached to an aromatic ring is 1. The average molecular weight is 363 g/mol. The lowest BCUT2D eigenvalue weighted by Crippen LogP contribution is -2.40. The van der Waals surface area contributed by atoms with E-state index in [2.05, 4.69) is 9.97 Å². The zero-order valence-corrected chi connectivity index (χ0v) is 15.2. The molecule has 7 heteroatoms. The molecule has 3 heterocycles. The maximum Gasteiger partial charge on any atom is 0.150 e. The zero-order chi connectivity index (χ0) is 18.8. The van der Waals surface area contributed by atoms with E-state index in [9.17, 15) is 5.11 Å². The molecular weight excluding hydrogens is 342 g/mol. The molecular formula is C20H21N5O2. The van der Waals surface area contributed by atoms with Gasteiger partial charge in [0.2, 0.25) is 0 Å². The molecule has 0 aliphatic heterocycles. The molecule has 0 atom stereocenters. The molecule has 0 unspecified atom stereocenters. The fraction of sp³-hybridized carbons (Fsp3) is 0.300. The minimum absolute atomic E-state index is 0.196. The van der Waals surface area contributed by atoms with Gasteiger partial charge in [0.25, 0.3) is 0 Å². The van der Waals surface area contributed by atoms with E-state index in [4.69, 9.17) is 15.5 Å². The van der Waals surface area contributed by atoms with E-state index >= 15 is 0 Å². The molecule has 138 valence electrons. The molecule has 0 bridgehead atoms. The van der Waals surface area contributed by atoms with Crippen LogP contribution >= 0.6 is 0 Å². The Balaban J connectivity index is 1.72. The summed E-state index contributed by atoms with van der Waals surface area (Å²) in [5.41, 5.74) is 8.92. The summed E-state index contributed by atoms with van der Waals surface area (Å²) in [4.78, 5) is 12.6. The predicted octanol–water partition coefficient (Wildman–Crippen LogP) is 3.10. The summed E-state index contributed by atoms with van der Waals surface area (Å²) in [7, 11) is 1.66. The number of aromatic nitrogens is 4. The summed E-state index contributed by atoms with van der Waals surface area (Å²) in [6.07, 6.45) is 4.94. The van der Waals surface area contributed by atoms with Crippen LogP contribution in [0.25, 0.3) is 27.8 Å². The van der Waals surface area contributed by atoms with Crippen LogP contribution in [0.4, 0.5) is 5.82 Å². The van der Waals surface area contributed by atoms with E-state index in [0.717, 1.165) is 39.4 Å². The third-order valence-corrected chi connectivity index (χ3v) is 5.44. The van der Waals surface area contributed by atoms with Gasteiger partial charge < -0.3 is 20.6 Å². The number of H-pyrrole nitrogens is 1. The molecule has 1 saturated carbocycles. The molecule has 0 saturated heterocycles. The number of aromatic amines is 1. The quantitative estimate of drug-likeness (QED) is 0.519. The molecule has 0 radical (unpaired) electrons. The van der Waals surface area contributed by atoms with Gasteiger partial charge in [0.15, 0.2) is 0 Å². The number of nitrogens with one attached hydrogen (secondary N) is 1. The molecule has 1 aliphatic carbocycles. The SMILES string of the molecule is COc1cccc2cc(-c3nc([C@H]4C[C@@](C)(O)C4)n4ccnc(N)c34)[nH]c12. The van der Waals surface area contributed by atoms with Gasteiger partial charge in [-0.25, -0.2) is 9.97 Å². The number of nitrogens with two attached hydrogens (primary N) is 1. The first-order chi connectivity index (χ1) is 13.0. The summed E-state index contributed by atoms with van der Waals surface area (Å²) in [5, 5.41) is 11.2. The Hall–Kier alpha value is -3.06. The number of imidazole rings is 1. The Kier molecular flexibility index (Phi) is 3.27. The van der Waals surface area contributed by atoms with Crippen molar-refractivity contribution in [3.05, 3.63) is 42.5 Å². The van der Waals surface area contributed by atoms with Crippen LogP contribution in [0.1, 0.15) is 31.5 Å². The zero-order valence-electron chi connectivity index (χ0n) is 15.2. The highest BCUT2D eigenvalue weighted by molar-refractivity contribution is 5.93. The van der Waals surface area contributed by atoms with Crippen molar-refractivity contribution in [1.29, 1.82) is 0 Å². The largest absolute Gasteiger partial charge is 0.495 e. The molecule has 1 aliphatic rings. The standard InChI is InChI=1S/C20H21N5O2/c1-20(26)9-12(10-20)19-24-16(17-18(21)22-6-7-25(17)19)13-8-11-4-3-5-14(27-2)15(11)23-13/h3-8,12,23,26H,9-10H2,1-2H3,(H2,21,22)/t12-,20+. The fourth-order valence-electron chi connectivity index (χ4n) is 4.17. The number of nitrogens with zero attached hydrogens (tertiary/aromatic N) is 3. The molecule has 4 aromatic rings. The van der Waals surface area contributed by atoms with E-state index in [1.54, 1.807) is 13.3 Å². The van der Waals surface area contributed by atoms with Crippen LogP contribution in [-0.2, 0) is 0 Å². The molecule has 27 heavy (non-hydrogen) atoms. The maximum absolute atomic E-state index is 10.2. The van der Waals surface area contributed by atoms with Gasteiger partial charge >= 0.3 is 0 Å². The highest BCUT2D eigenvalue weighted by atomic mass is 16.5. The number of hydrogen-bond acceptors (Lipinski definition) is 5. The number of rotatable bonds is 3. The van der Waals surface area contributed by atoms with Gasteiger partial charge in [-0.3, -0.25) is 4.40 Å². The van der Waals surface area contributed by atoms with Gasteiger partial charge in [-0.1, -0.05) is 12.1 Å². The van der Waals surface area contributed by atoms with Crippen molar-refractivity contribution in [2.24, 2.45) is 0 Å². The van der Waals surface area contributed by atoms with Crippen LogP contribution in [0.3, 0.4) is 0 Å². The van der Waals surface area contributed by atoms with E-state index in [1.807, 2.05) is 41.8 Å². The second-order valence-electron chi connectivity index (χ2n) is 7.56. The molecule has 0 spiro atoms. The first-order valence-corrected chi connectivity index (χ1v) is 8.98. The van der Waals surface area contributed by atoms with Crippen molar-refractivity contribution in [2.75, 3.05) is 12.8 Å². The highest BCUT2D eigenvalue weighted by Gasteiger charge is 2.41. The van der Waals surface area contributed by atoms with E-state index < -0.39 is 5.60 Å². The molecule has 7 nitrogen and oxygen atoms in total. The highest BCUT2D eigenvalue weighted by Crippen LogP contribution is 2.45. The van der Waals surface area contributed by atoms with Crippen molar-refractivity contribution < 1.29 is 9.84 Å². The van der Waals surface area contributed by atoms with Gasteiger partial charge in [-0.05, 0) is 31.9 Å². The minimum atomic E-state index is -0.621. The van der Waals surface area contributed by atoms with E-state index in [1.165, 1.54) is 0 Å². The Labute approximate surface area is 155 Å². The van der Waals surface area contributed by atoms with Crippen LogP contribution in [0.2, 0.25) is 0 Å².